The summed E-state index contributed by atoms with van der Waals surface area (Å²) in [6.07, 6.45) is 0.973. The van der Waals surface area contributed by atoms with Gasteiger partial charge in [-0.3, -0.25) is 9.59 Å². The van der Waals surface area contributed by atoms with E-state index in [-0.39, 0.29) is 34.4 Å². The lowest BCUT2D eigenvalue weighted by Crippen LogP contribution is -2.31. The molecule has 190 valence electrons. The van der Waals surface area contributed by atoms with Crippen LogP contribution >= 0.6 is 0 Å². The summed E-state index contributed by atoms with van der Waals surface area (Å²) in [6, 6.07) is 7.66. The van der Waals surface area contributed by atoms with E-state index in [1.54, 1.807) is 0 Å². The van der Waals surface area contributed by atoms with E-state index in [0.29, 0.717) is 32.8 Å². The van der Waals surface area contributed by atoms with Crippen LogP contribution in [0.5, 0.6) is 5.88 Å². The summed E-state index contributed by atoms with van der Waals surface area (Å²) < 4.78 is 42.0. The maximum Gasteiger partial charge on any atom is 0.414 e. The van der Waals surface area contributed by atoms with Crippen LogP contribution < -0.4 is 20.1 Å². The number of nitrogens with zero attached hydrogens (tertiary/aromatic N) is 1. The van der Waals surface area contributed by atoms with Gasteiger partial charge in [-0.25, -0.2) is 22.9 Å². The molecule has 0 spiro atoms. The lowest BCUT2D eigenvalue weighted by Gasteiger charge is -2.09. The molecule has 0 saturated heterocycles. The van der Waals surface area contributed by atoms with Crippen molar-refractivity contribution >= 4 is 27.9 Å². The molecule has 1 aromatic carbocycles. The highest BCUT2D eigenvalue weighted by Crippen LogP contribution is 2.13. The van der Waals surface area contributed by atoms with Crippen LogP contribution in [-0.2, 0) is 19.5 Å². The number of benzene rings is 1. The van der Waals surface area contributed by atoms with Gasteiger partial charge in [0.2, 0.25) is 5.88 Å². The second-order valence-corrected chi connectivity index (χ2v) is 8.64. The number of nitrogens with one attached hydrogen (secondary N) is 3. The Bertz CT molecular complexity index is 1090. The maximum absolute atomic E-state index is 12.6. The Morgan fingerprint density at radius 2 is 1.63 bits per heavy atom. The zero-order valence-corrected chi connectivity index (χ0v) is 20.2. The Morgan fingerprint density at radius 1 is 0.914 bits per heavy atom. The first-order valence-electron chi connectivity index (χ1n) is 10.7. The van der Waals surface area contributed by atoms with Gasteiger partial charge < -0.3 is 24.8 Å². The van der Waals surface area contributed by atoms with Crippen molar-refractivity contribution in [1.29, 1.82) is 0 Å². The summed E-state index contributed by atoms with van der Waals surface area (Å²) in [7, 11) is -2.72. The topological polar surface area (TPSA) is 162 Å². The van der Waals surface area contributed by atoms with E-state index in [1.807, 2.05) is 11.6 Å². The minimum absolute atomic E-state index is 0.0660. The highest BCUT2D eigenvalue weighted by molar-refractivity contribution is 7.90. The van der Waals surface area contributed by atoms with E-state index in [9.17, 15) is 22.8 Å². The molecule has 0 fully saturated rings. The number of pyridine rings is 1. The molecular weight excluding hydrogens is 480 g/mol. The van der Waals surface area contributed by atoms with Crippen molar-refractivity contribution in [2.24, 2.45) is 0 Å². The summed E-state index contributed by atoms with van der Waals surface area (Å²) in [4.78, 5) is 39.7. The predicted molar refractivity (Wildman–Crippen MR) is 125 cm³/mol. The number of aromatic nitrogens is 1. The van der Waals surface area contributed by atoms with Crippen molar-refractivity contribution in [2.45, 2.75) is 18.2 Å². The van der Waals surface area contributed by atoms with E-state index in [1.165, 1.54) is 43.5 Å². The van der Waals surface area contributed by atoms with Gasteiger partial charge in [0, 0.05) is 51.2 Å². The van der Waals surface area contributed by atoms with Gasteiger partial charge in [0.05, 0.1) is 17.1 Å². The zero-order valence-electron chi connectivity index (χ0n) is 19.4. The highest BCUT2D eigenvalue weighted by Gasteiger charge is 2.20. The first kappa shape index (κ1) is 27.7. The van der Waals surface area contributed by atoms with E-state index in [0.717, 1.165) is 6.20 Å². The second-order valence-electron chi connectivity index (χ2n) is 6.96. The summed E-state index contributed by atoms with van der Waals surface area (Å²) in [5, 5.41) is 5.14. The minimum atomic E-state index is -4.20. The van der Waals surface area contributed by atoms with Gasteiger partial charge >= 0.3 is 6.09 Å². The summed E-state index contributed by atoms with van der Waals surface area (Å²) in [5.74, 6) is -1.36. The molecule has 3 amide bonds. The molecule has 0 unspecified atom stereocenters. The largest absolute Gasteiger partial charge is 0.414 e. The van der Waals surface area contributed by atoms with Crippen LogP contribution in [0.1, 0.15) is 34.1 Å². The van der Waals surface area contributed by atoms with Gasteiger partial charge in [0.15, 0.2) is 0 Å². The molecule has 0 aliphatic rings. The molecule has 1 heterocycles. The fourth-order valence-electron chi connectivity index (χ4n) is 2.61. The minimum Gasteiger partial charge on any atom is -0.391 e. The Kier molecular flexibility index (Phi) is 11.1. The Balaban J connectivity index is 1.92. The van der Waals surface area contributed by atoms with E-state index >= 15 is 0 Å². The molecule has 0 bridgehead atoms. The number of hydrogen-bond donors (Lipinski definition) is 3. The van der Waals surface area contributed by atoms with Crippen molar-refractivity contribution in [3.63, 3.8) is 0 Å². The molecule has 35 heavy (non-hydrogen) atoms. The van der Waals surface area contributed by atoms with E-state index < -0.39 is 22.0 Å². The van der Waals surface area contributed by atoms with Gasteiger partial charge in [-0.05, 0) is 43.7 Å². The van der Waals surface area contributed by atoms with Crippen LogP contribution in [0, 0.1) is 0 Å². The van der Waals surface area contributed by atoms with Gasteiger partial charge in [0.1, 0.15) is 0 Å². The number of methoxy groups -OCH3 is 1. The second kappa shape index (κ2) is 14.0. The normalized spacial score (nSPS) is 10.9. The summed E-state index contributed by atoms with van der Waals surface area (Å²) in [5.41, 5.74) is 0.210. The fraction of sp³-hybridized carbons (Fsp3) is 0.364. The average Bonchev–Trinajstić information content (AvgIpc) is 2.84. The molecule has 12 nitrogen and oxygen atoms in total. The number of rotatable bonds is 13. The van der Waals surface area contributed by atoms with Crippen LogP contribution in [0.15, 0.2) is 47.5 Å². The molecule has 3 N–H and O–H groups in total. The Morgan fingerprint density at radius 3 is 2.26 bits per heavy atom. The molecule has 0 radical (unpaired) electrons. The van der Waals surface area contributed by atoms with Crippen molar-refractivity contribution in [1.82, 2.24) is 20.3 Å². The zero-order chi connectivity index (χ0) is 25.7. The maximum atomic E-state index is 12.6. The van der Waals surface area contributed by atoms with Gasteiger partial charge in [-0.1, -0.05) is 0 Å². The van der Waals surface area contributed by atoms with Crippen molar-refractivity contribution < 1.29 is 37.0 Å². The fourth-order valence-corrected chi connectivity index (χ4v) is 3.58. The lowest BCUT2D eigenvalue weighted by molar-refractivity contribution is 0.0941. The monoisotopic (exact) mass is 508 g/mol. The van der Waals surface area contributed by atoms with Gasteiger partial charge in [-0.15, -0.1) is 0 Å². The highest BCUT2D eigenvalue weighted by atomic mass is 32.2. The lowest BCUT2D eigenvalue weighted by atomic mass is 10.2. The number of sulfonamides is 1. The third-order valence-corrected chi connectivity index (χ3v) is 5.73. The predicted octanol–water partition coefficient (Wildman–Crippen LogP) is 1.09. The molecule has 0 saturated carbocycles. The van der Waals surface area contributed by atoms with E-state index in [4.69, 9.17) is 14.2 Å². The summed E-state index contributed by atoms with van der Waals surface area (Å²) >= 11 is 0. The molecule has 0 aliphatic carbocycles. The van der Waals surface area contributed by atoms with Crippen molar-refractivity contribution in [3.8, 4) is 5.88 Å². The third kappa shape index (κ3) is 9.31. The summed E-state index contributed by atoms with van der Waals surface area (Å²) in [6.45, 7) is 3.99. The molecule has 13 heteroatoms. The van der Waals surface area contributed by atoms with Crippen LogP contribution in [0.25, 0.3) is 0 Å². The standard InChI is InChI=1S/C22H28N4O8S/c1-3-33-13-4-11-23-20(27)16-5-8-18(9-6-16)35(30,31)26-21(28)17-7-10-19(25-15-17)34-22(29)24-12-14-32-2/h5-10,15H,3-4,11-14H2,1-2H3,(H,23,27)(H,24,29)(H,26,28). The Hall–Kier alpha value is -3.55. The molecule has 2 rings (SSSR count). The Labute approximate surface area is 203 Å². The number of carbonyl (C=O) groups excluding carboxylic acids is 3. The smallest absolute Gasteiger partial charge is 0.391 e. The molecule has 2 aromatic rings. The van der Waals surface area contributed by atoms with Gasteiger partial charge in [0.25, 0.3) is 21.8 Å². The van der Waals surface area contributed by atoms with Crippen LogP contribution in [0.3, 0.4) is 0 Å². The number of carbonyl (C=O) groups is 3. The number of ether oxygens (including phenoxy) is 3. The molecule has 1 aromatic heterocycles. The number of hydrogen-bond acceptors (Lipinski definition) is 9. The third-order valence-electron chi connectivity index (χ3n) is 4.38. The quantitative estimate of drug-likeness (QED) is 0.336. The number of amides is 3. The molecular formula is C22H28N4O8S. The SMILES string of the molecule is CCOCCCNC(=O)c1ccc(S(=O)(=O)NC(=O)c2ccc(OC(=O)NCCOC)nc2)cc1. The van der Waals surface area contributed by atoms with Crippen molar-refractivity contribution in [2.75, 3.05) is 40.0 Å². The van der Waals surface area contributed by atoms with Crippen LogP contribution in [0.2, 0.25) is 0 Å². The van der Waals surface area contributed by atoms with Crippen molar-refractivity contribution in [3.05, 3.63) is 53.7 Å². The van der Waals surface area contributed by atoms with Crippen LogP contribution in [-0.4, -0.2) is 71.3 Å². The average molecular weight is 509 g/mol. The molecule has 0 atom stereocenters. The van der Waals surface area contributed by atoms with Gasteiger partial charge in [-0.2, -0.15) is 0 Å². The molecule has 0 aliphatic heterocycles. The first-order valence-corrected chi connectivity index (χ1v) is 12.2. The van der Waals surface area contributed by atoms with Crippen LogP contribution in [0.4, 0.5) is 4.79 Å². The van der Waals surface area contributed by atoms with E-state index in [2.05, 4.69) is 15.6 Å². The first-order chi connectivity index (χ1) is 16.8.